The van der Waals surface area contributed by atoms with Crippen molar-refractivity contribution in [2.45, 2.75) is 42.5 Å². The van der Waals surface area contributed by atoms with Gasteiger partial charge in [0, 0.05) is 41.1 Å². The Hall–Kier alpha value is -1.79. The number of halogens is 5. The van der Waals surface area contributed by atoms with Crippen LogP contribution in [0.1, 0.15) is 54.7 Å². The van der Waals surface area contributed by atoms with Crippen LogP contribution in [0.3, 0.4) is 0 Å². The van der Waals surface area contributed by atoms with Gasteiger partial charge >= 0.3 is 0 Å². The van der Waals surface area contributed by atoms with E-state index in [9.17, 15) is 39.2 Å². The Morgan fingerprint density at radius 2 is 1.12 bits per heavy atom. The molecule has 34 heavy (non-hydrogen) atoms. The maximum Gasteiger partial charge on any atom is 0.156 e. The average Bonchev–Trinajstić information content (AvgIpc) is 2.66. The zero-order valence-corrected chi connectivity index (χ0v) is 22.6. The molecule has 0 aliphatic carbocycles. The van der Waals surface area contributed by atoms with Crippen LogP contribution in [0, 0.1) is 23.3 Å². The SMILES string of the molecule is CC(C)(c1cc(C=O)c(F)cc1F)S(C)(=O)=O.CC(C)(c1cc(CBr)c(F)cc1F)S(C)(=O)=O. The molecule has 0 aromatic heterocycles. The zero-order valence-electron chi connectivity index (χ0n) is 19.3. The number of carbonyl (C=O) groups excluding carboxylic acids is 1. The zero-order chi connectivity index (χ0) is 26.9. The van der Waals surface area contributed by atoms with Crippen LogP contribution in [0.4, 0.5) is 17.6 Å². The molecule has 0 N–H and O–H groups in total. The van der Waals surface area contributed by atoms with Crippen LogP contribution in [0.5, 0.6) is 0 Å². The molecule has 2 aromatic rings. The third kappa shape index (κ3) is 6.25. The molecule has 2 aromatic carbocycles. The van der Waals surface area contributed by atoms with Gasteiger partial charge in [-0.3, -0.25) is 4.79 Å². The number of aldehydes is 1. The van der Waals surface area contributed by atoms with Crippen molar-refractivity contribution in [3.05, 3.63) is 69.8 Å². The number of alkyl halides is 1. The van der Waals surface area contributed by atoms with Gasteiger partial charge in [0.2, 0.25) is 0 Å². The van der Waals surface area contributed by atoms with E-state index in [4.69, 9.17) is 0 Å². The normalized spacial score (nSPS) is 12.7. The fourth-order valence-corrected chi connectivity index (χ4v) is 4.22. The fourth-order valence-electron chi connectivity index (χ4n) is 2.67. The topological polar surface area (TPSA) is 85.3 Å². The lowest BCUT2D eigenvalue weighted by molar-refractivity contribution is 0.111. The number of rotatable bonds is 6. The molecule has 5 nitrogen and oxygen atoms in total. The molecular formula is C22H25BrF4O5S2. The molecule has 0 aliphatic rings. The minimum Gasteiger partial charge on any atom is -0.298 e. The molecule has 0 spiro atoms. The van der Waals surface area contributed by atoms with E-state index in [0.29, 0.717) is 6.07 Å². The number of hydrogen-bond donors (Lipinski definition) is 0. The highest BCUT2D eigenvalue weighted by Gasteiger charge is 2.36. The predicted molar refractivity (Wildman–Crippen MR) is 126 cm³/mol. The Bertz CT molecular complexity index is 1310. The predicted octanol–water partition coefficient (Wildman–Crippen LogP) is 5.20. The third-order valence-electron chi connectivity index (χ3n) is 5.64. The van der Waals surface area contributed by atoms with Gasteiger partial charge in [0.15, 0.2) is 26.0 Å². The summed E-state index contributed by atoms with van der Waals surface area (Å²) in [5.41, 5.74) is -0.365. The van der Waals surface area contributed by atoms with Crippen LogP contribution in [-0.4, -0.2) is 35.6 Å². The van der Waals surface area contributed by atoms with Gasteiger partial charge in [0.1, 0.15) is 23.3 Å². The van der Waals surface area contributed by atoms with Crippen LogP contribution in [0.15, 0.2) is 24.3 Å². The molecular weight excluding hydrogens is 564 g/mol. The second kappa shape index (κ2) is 10.4. The summed E-state index contributed by atoms with van der Waals surface area (Å²) in [5.74, 6) is -3.52. The van der Waals surface area contributed by atoms with Crippen molar-refractivity contribution in [3.8, 4) is 0 Å². The summed E-state index contributed by atoms with van der Waals surface area (Å²) in [7, 11) is -7.09. The van der Waals surface area contributed by atoms with Gasteiger partial charge in [-0.1, -0.05) is 15.9 Å². The van der Waals surface area contributed by atoms with E-state index in [-0.39, 0.29) is 33.9 Å². The maximum absolute atomic E-state index is 13.7. The molecule has 0 aliphatic heterocycles. The van der Waals surface area contributed by atoms with Crippen LogP contribution in [0.25, 0.3) is 0 Å². The van der Waals surface area contributed by atoms with E-state index in [1.807, 2.05) is 0 Å². The summed E-state index contributed by atoms with van der Waals surface area (Å²) >= 11 is 3.07. The first kappa shape index (κ1) is 30.2. The van der Waals surface area contributed by atoms with Crippen molar-refractivity contribution in [2.24, 2.45) is 0 Å². The molecule has 0 saturated carbocycles. The quantitative estimate of drug-likeness (QED) is 0.263. The Balaban J connectivity index is 0.000000340. The summed E-state index contributed by atoms with van der Waals surface area (Å²) in [6.45, 7) is 5.40. The molecule has 0 saturated heterocycles. The Labute approximate surface area is 205 Å². The number of hydrogen-bond acceptors (Lipinski definition) is 5. The van der Waals surface area contributed by atoms with E-state index < -0.39 is 52.4 Å². The van der Waals surface area contributed by atoms with Gasteiger partial charge < -0.3 is 0 Å². The molecule has 190 valence electrons. The number of carbonyl (C=O) groups is 1. The highest BCUT2D eigenvalue weighted by Crippen LogP contribution is 2.33. The first-order valence-corrected chi connectivity index (χ1v) is 14.5. The Kier molecular flexibility index (Phi) is 9.29. The highest BCUT2D eigenvalue weighted by atomic mass is 79.9. The molecule has 0 heterocycles. The lowest BCUT2D eigenvalue weighted by atomic mass is 9.99. The van der Waals surface area contributed by atoms with Gasteiger partial charge in [-0.25, -0.2) is 34.4 Å². The Morgan fingerprint density at radius 3 is 1.47 bits per heavy atom. The van der Waals surface area contributed by atoms with Crippen LogP contribution in [0.2, 0.25) is 0 Å². The van der Waals surface area contributed by atoms with Crippen LogP contribution >= 0.6 is 15.9 Å². The van der Waals surface area contributed by atoms with Gasteiger partial charge in [-0.2, -0.15) is 0 Å². The maximum atomic E-state index is 13.7. The second-order valence-corrected chi connectivity index (χ2v) is 14.3. The van der Waals surface area contributed by atoms with Gasteiger partial charge in [0.25, 0.3) is 0 Å². The van der Waals surface area contributed by atoms with Crippen LogP contribution in [-0.2, 0) is 34.5 Å². The van der Waals surface area contributed by atoms with Gasteiger partial charge in [-0.15, -0.1) is 0 Å². The van der Waals surface area contributed by atoms with E-state index in [1.54, 1.807) is 0 Å². The second-order valence-electron chi connectivity index (χ2n) is 8.59. The summed E-state index contributed by atoms with van der Waals surface area (Å²) in [4.78, 5) is 10.6. The van der Waals surface area contributed by atoms with Crippen molar-refractivity contribution in [2.75, 3.05) is 12.5 Å². The van der Waals surface area contributed by atoms with Crippen molar-refractivity contribution >= 4 is 41.9 Å². The summed E-state index contributed by atoms with van der Waals surface area (Å²) in [6.07, 6.45) is 2.20. The number of benzene rings is 2. The molecule has 0 amide bonds. The molecule has 2 rings (SSSR count). The minimum atomic E-state index is -3.59. The average molecular weight is 589 g/mol. The molecule has 0 radical (unpaired) electrons. The van der Waals surface area contributed by atoms with Crippen LogP contribution < -0.4 is 0 Å². The molecule has 0 bridgehead atoms. The largest absolute Gasteiger partial charge is 0.298 e. The summed E-state index contributed by atoms with van der Waals surface area (Å²) in [5, 5.41) is 0.200. The lowest BCUT2D eigenvalue weighted by Gasteiger charge is -2.24. The monoisotopic (exact) mass is 588 g/mol. The third-order valence-corrected chi connectivity index (χ3v) is 10.4. The standard InChI is InChI=1S/C11H13BrF2O2S.C11H12F2O3S/c1-11(2,17(3,15)16)8-4-7(6-12)9(13)5-10(8)14;1-11(2,17(3,15)16)8-4-7(6-14)9(12)5-10(8)13/h4-5H,6H2,1-3H3;4-6H,1-3H3. The lowest BCUT2D eigenvalue weighted by Crippen LogP contribution is -2.29. The Morgan fingerprint density at radius 1 is 0.735 bits per heavy atom. The highest BCUT2D eigenvalue weighted by molar-refractivity contribution is 9.08. The smallest absolute Gasteiger partial charge is 0.156 e. The minimum absolute atomic E-state index is 0.0177. The molecule has 0 atom stereocenters. The molecule has 12 heteroatoms. The van der Waals surface area contributed by atoms with E-state index in [1.165, 1.54) is 33.8 Å². The van der Waals surface area contributed by atoms with E-state index >= 15 is 0 Å². The van der Waals surface area contributed by atoms with Crippen molar-refractivity contribution < 1.29 is 39.2 Å². The molecule has 0 fully saturated rings. The van der Waals surface area contributed by atoms with Gasteiger partial charge in [0.05, 0.1) is 15.1 Å². The molecule has 0 unspecified atom stereocenters. The van der Waals surface area contributed by atoms with Gasteiger partial charge in [-0.05, 0) is 45.4 Å². The first-order chi connectivity index (χ1) is 15.2. The van der Waals surface area contributed by atoms with E-state index in [2.05, 4.69) is 15.9 Å². The first-order valence-electron chi connectivity index (χ1n) is 9.60. The van der Waals surface area contributed by atoms with Crippen molar-refractivity contribution in [1.82, 2.24) is 0 Å². The number of sulfone groups is 2. The summed E-state index contributed by atoms with van der Waals surface area (Å²) in [6, 6.07) is 3.42. The van der Waals surface area contributed by atoms with E-state index in [0.717, 1.165) is 24.6 Å². The van der Waals surface area contributed by atoms with Crippen molar-refractivity contribution in [1.29, 1.82) is 0 Å². The van der Waals surface area contributed by atoms with Crippen molar-refractivity contribution in [3.63, 3.8) is 0 Å². The fraction of sp³-hybridized carbons (Fsp3) is 0.409. The summed E-state index contributed by atoms with van der Waals surface area (Å²) < 4.78 is 97.0.